The highest BCUT2D eigenvalue weighted by molar-refractivity contribution is 7.90. The van der Waals surface area contributed by atoms with E-state index in [1.807, 2.05) is 0 Å². The minimum atomic E-state index is -4.65. The van der Waals surface area contributed by atoms with Crippen molar-refractivity contribution in [2.24, 2.45) is 5.73 Å². The normalized spacial score (nSPS) is 15.2. The van der Waals surface area contributed by atoms with E-state index in [1.165, 1.54) is 30.3 Å². The van der Waals surface area contributed by atoms with Crippen LogP contribution < -0.4 is 35.9 Å². The summed E-state index contributed by atoms with van der Waals surface area (Å²) in [6, 6.07) is 5.18. The van der Waals surface area contributed by atoms with Gasteiger partial charge in [-0.3, -0.25) is 19.2 Å². The molecule has 0 saturated heterocycles. The fraction of sp³-hybridized carbons (Fsp3) is 0.474. The van der Waals surface area contributed by atoms with E-state index in [1.54, 1.807) is 0 Å². The zero-order valence-electron chi connectivity index (χ0n) is 34.0. The Kier molecular flexibility index (Phi) is 18.3. The molecule has 4 rings (SSSR count). The molecule has 0 bridgehead atoms. The van der Waals surface area contributed by atoms with Gasteiger partial charge in [0.25, 0.3) is 0 Å². The lowest BCUT2D eigenvalue weighted by Gasteiger charge is -2.28. The number of carboxylic acid groups (broad SMARTS) is 4. The molecular formula is C38H52N6O18S2. The molecule has 0 aromatic heterocycles. The van der Waals surface area contributed by atoms with Gasteiger partial charge in [0.2, 0.25) is 20.0 Å². The molecule has 0 fully saturated rings. The van der Waals surface area contributed by atoms with Crippen molar-refractivity contribution in [1.82, 2.24) is 20.1 Å². The molecule has 354 valence electrons. The van der Waals surface area contributed by atoms with E-state index in [2.05, 4.69) is 25.4 Å². The summed E-state index contributed by atoms with van der Waals surface area (Å²) in [5.74, 6) is -5.50. The summed E-state index contributed by atoms with van der Waals surface area (Å²) in [5, 5.41) is 96.2. The summed E-state index contributed by atoms with van der Waals surface area (Å²) in [4.78, 5) is 44.0. The maximum Gasteiger partial charge on any atom is 0.321 e. The third-order valence-corrected chi connectivity index (χ3v) is 13.0. The third-order valence-electron chi connectivity index (χ3n) is 9.95. The van der Waals surface area contributed by atoms with Crippen molar-refractivity contribution in [3.63, 3.8) is 0 Å². The van der Waals surface area contributed by atoms with Crippen molar-refractivity contribution in [3.05, 3.63) is 36.4 Å². The maximum absolute atomic E-state index is 14.2. The number of anilines is 1. The molecule has 0 aliphatic heterocycles. The van der Waals surface area contributed by atoms with Crippen LogP contribution >= 0.6 is 0 Å². The van der Waals surface area contributed by atoms with E-state index in [4.69, 9.17) is 20.7 Å². The van der Waals surface area contributed by atoms with Crippen molar-refractivity contribution in [1.29, 1.82) is 0 Å². The number of benzene rings is 4. The summed E-state index contributed by atoms with van der Waals surface area (Å²) in [7, 11) is -9.30. The number of aliphatic hydroxyl groups is 5. The quantitative estimate of drug-likeness (QED) is 0.0146. The van der Waals surface area contributed by atoms with Crippen molar-refractivity contribution < 1.29 is 86.7 Å². The van der Waals surface area contributed by atoms with Gasteiger partial charge in [0.05, 0.1) is 35.8 Å². The molecule has 0 aliphatic rings. The Balaban J connectivity index is 1.86. The Morgan fingerprint density at radius 3 is 1.56 bits per heavy atom. The Morgan fingerprint density at radius 1 is 0.641 bits per heavy atom. The zero-order valence-corrected chi connectivity index (χ0v) is 35.6. The monoisotopic (exact) mass is 944 g/mol. The molecule has 16 N–H and O–H groups in total. The standard InChI is InChI=1S/C38H52N6O18S2/c39-8-1-13-62-27-14-23(44-36(53)35(52)34(51)26(46)18-45)19-4-6-21-28(63(58,59)42-11-2-9-40-24(37(54)55)15-30(47)48)17-29(22-7-5-20(27)32(19)33(21)22)64(60,61)43-12-3-10-41-25(38(56)57)16-31(49)50/h4-7,14,17,24-26,34-36,40-46,51-53H,1-3,8-13,15-16,18,39H2,(H,47,48)(H,49,50)(H,54,55)(H,56,57). The maximum atomic E-state index is 14.2. The molecule has 26 heteroatoms. The summed E-state index contributed by atoms with van der Waals surface area (Å²) < 4.78 is 67.5. The second-order valence-corrected chi connectivity index (χ2v) is 18.0. The average molecular weight is 945 g/mol. The smallest absolute Gasteiger partial charge is 0.321 e. The van der Waals surface area contributed by atoms with Gasteiger partial charge in [-0.15, -0.1) is 0 Å². The molecule has 0 aliphatic carbocycles. The first kappa shape index (κ1) is 51.5. The molecule has 6 unspecified atom stereocenters. The number of sulfonamides is 2. The molecule has 0 saturated carbocycles. The van der Waals surface area contributed by atoms with Crippen LogP contribution in [0.15, 0.2) is 46.2 Å². The van der Waals surface area contributed by atoms with Crippen LogP contribution in [-0.2, 0) is 39.2 Å². The number of hydrogen-bond acceptors (Lipinski definition) is 18. The first-order chi connectivity index (χ1) is 30.1. The van der Waals surface area contributed by atoms with Crippen LogP contribution in [0.2, 0.25) is 0 Å². The Morgan fingerprint density at radius 2 is 1.11 bits per heavy atom. The molecule has 6 atom stereocenters. The minimum absolute atomic E-state index is 0.000418. The third kappa shape index (κ3) is 12.8. The zero-order chi connectivity index (χ0) is 47.5. The molecule has 0 spiro atoms. The second kappa shape index (κ2) is 22.7. The van der Waals surface area contributed by atoms with Crippen LogP contribution in [0, 0.1) is 0 Å². The minimum Gasteiger partial charge on any atom is -0.493 e. The van der Waals surface area contributed by atoms with E-state index in [-0.39, 0.29) is 90.5 Å². The fourth-order valence-corrected chi connectivity index (χ4v) is 9.43. The fourth-order valence-electron chi connectivity index (χ4n) is 6.75. The SMILES string of the molecule is NCCCOc1cc(NC(O)C(O)C(O)C(O)CO)c2ccc3c(S(=O)(=O)NCCCNC(CC(=O)O)C(=O)O)cc(S(=O)(=O)NCCCNC(CC(=O)O)C(=O)O)c4ccc1c2c34. The van der Waals surface area contributed by atoms with Crippen LogP contribution in [0.4, 0.5) is 5.69 Å². The number of nitrogens with one attached hydrogen (secondary N) is 5. The van der Waals surface area contributed by atoms with E-state index < -0.39 is 110 Å². The van der Waals surface area contributed by atoms with E-state index in [0.29, 0.717) is 11.8 Å². The van der Waals surface area contributed by atoms with Gasteiger partial charge in [-0.1, -0.05) is 18.2 Å². The Labute approximate surface area is 365 Å². The van der Waals surface area contributed by atoms with E-state index in [0.717, 1.165) is 6.07 Å². The van der Waals surface area contributed by atoms with Crippen LogP contribution in [0.3, 0.4) is 0 Å². The lowest BCUT2D eigenvalue weighted by molar-refractivity contribution is -0.145. The summed E-state index contributed by atoms with van der Waals surface area (Å²) in [6.45, 7) is -1.57. The van der Waals surface area contributed by atoms with E-state index in [9.17, 15) is 71.8 Å². The van der Waals surface area contributed by atoms with Crippen LogP contribution in [0.1, 0.15) is 32.1 Å². The largest absolute Gasteiger partial charge is 0.493 e. The number of hydrogen-bond donors (Lipinski definition) is 15. The number of aliphatic hydroxyl groups excluding tert-OH is 5. The molecule has 4 aromatic carbocycles. The van der Waals surface area contributed by atoms with Crippen molar-refractivity contribution >= 4 is 81.9 Å². The van der Waals surface area contributed by atoms with Gasteiger partial charge in [0.15, 0.2) is 6.23 Å². The van der Waals surface area contributed by atoms with Crippen LogP contribution in [-0.4, -0.2) is 169 Å². The topological polar surface area (TPSA) is 414 Å². The van der Waals surface area contributed by atoms with E-state index >= 15 is 0 Å². The highest BCUT2D eigenvalue weighted by Gasteiger charge is 2.32. The van der Waals surface area contributed by atoms with Crippen molar-refractivity contribution in [3.8, 4) is 5.75 Å². The van der Waals surface area contributed by atoms with Crippen molar-refractivity contribution in [2.45, 2.75) is 78.5 Å². The molecule has 0 radical (unpaired) electrons. The van der Waals surface area contributed by atoms with Gasteiger partial charge in [-0.05, 0) is 51.0 Å². The number of nitrogens with two attached hydrogens (primary N) is 1. The molecular weight excluding hydrogens is 893 g/mol. The summed E-state index contributed by atoms with van der Waals surface area (Å²) in [5.41, 5.74) is 5.71. The summed E-state index contributed by atoms with van der Waals surface area (Å²) in [6.07, 6.45) is -9.13. The number of rotatable bonds is 30. The highest BCUT2D eigenvalue weighted by Crippen LogP contribution is 2.46. The lowest BCUT2D eigenvalue weighted by Crippen LogP contribution is -2.48. The molecule has 4 aromatic rings. The number of aliphatic carboxylic acids is 4. The number of carbonyl (C=O) groups is 4. The predicted molar refractivity (Wildman–Crippen MR) is 227 cm³/mol. The first-order valence-electron chi connectivity index (χ1n) is 19.7. The van der Waals surface area contributed by atoms with Crippen molar-refractivity contribution in [2.75, 3.05) is 51.3 Å². The Hall–Kier alpha value is -5.10. The van der Waals surface area contributed by atoms with Crippen LogP contribution in [0.25, 0.3) is 32.3 Å². The molecule has 0 amide bonds. The first-order valence-corrected chi connectivity index (χ1v) is 22.7. The molecule has 0 heterocycles. The van der Waals surface area contributed by atoms with Gasteiger partial charge in [-0.2, -0.15) is 0 Å². The average Bonchev–Trinajstić information content (AvgIpc) is 3.23. The lowest BCUT2D eigenvalue weighted by atomic mass is 9.92. The van der Waals surface area contributed by atoms with Gasteiger partial charge in [0, 0.05) is 57.2 Å². The predicted octanol–water partition coefficient (Wildman–Crippen LogP) is -2.51. The summed E-state index contributed by atoms with van der Waals surface area (Å²) >= 11 is 0. The molecule has 24 nitrogen and oxygen atoms in total. The van der Waals surface area contributed by atoms with Gasteiger partial charge < -0.3 is 72.4 Å². The van der Waals surface area contributed by atoms with Crippen LogP contribution in [0.5, 0.6) is 5.75 Å². The van der Waals surface area contributed by atoms with Gasteiger partial charge in [0.1, 0.15) is 36.1 Å². The van der Waals surface area contributed by atoms with Gasteiger partial charge >= 0.3 is 23.9 Å². The molecule has 64 heavy (non-hydrogen) atoms. The highest BCUT2D eigenvalue weighted by atomic mass is 32.2. The number of ether oxygens (including phenoxy) is 1. The second-order valence-electron chi connectivity index (χ2n) is 14.6. The van der Waals surface area contributed by atoms with Gasteiger partial charge in [-0.25, -0.2) is 26.3 Å². The number of carboxylic acids is 4. The Bertz CT molecular complexity index is 2420.